The van der Waals surface area contributed by atoms with Crippen molar-refractivity contribution in [2.24, 2.45) is 0 Å². The molecule has 2 amide bonds. The summed E-state index contributed by atoms with van der Waals surface area (Å²) in [5.41, 5.74) is -3.07. The zero-order chi connectivity index (χ0) is 37.0. The van der Waals surface area contributed by atoms with Crippen molar-refractivity contribution in [3.05, 3.63) is 53.7 Å². The number of alkyl halides is 6. The average molecular weight is 711 g/mol. The van der Waals surface area contributed by atoms with Crippen LogP contribution in [0, 0.1) is 5.95 Å². The van der Waals surface area contributed by atoms with E-state index in [-0.39, 0.29) is 18.2 Å². The summed E-state index contributed by atoms with van der Waals surface area (Å²) in [6.07, 6.45) is -6.58. The summed E-state index contributed by atoms with van der Waals surface area (Å²) in [5.74, 6) is -0.819. The van der Waals surface area contributed by atoms with E-state index >= 15 is 0 Å². The third-order valence-electron chi connectivity index (χ3n) is 6.63. The normalized spacial score (nSPS) is 16.3. The Kier molecular flexibility index (Phi) is 14.9. The Labute approximate surface area is 281 Å². The van der Waals surface area contributed by atoms with Gasteiger partial charge >= 0.3 is 24.5 Å². The van der Waals surface area contributed by atoms with Crippen molar-refractivity contribution in [1.82, 2.24) is 25.9 Å². The number of rotatable bonds is 3. The molecule has 2 saturated heterocycles. The number of anilines is 1. The zero-order valence-electron chi connectivity index (χ0n) is 28.4. The molecule has 49 heavy (non-hydrogen) atoms. The second-order valence-electron chi connectivity index (χ2n) is 13.3. The van der Waals surface area contributed by atoms with Crippen molar-refractivity contribution in [2.45, 2.75) is 103 Å². The molecule has 0 saturated carbocycles. The van der Waals surface area contributed by atoms with Crippen molar-refractivity contribution < 1.29 is 49.8 Å². The van der Waals surface area contributed by atoms with Crippen LogP contribution in [0.25, 0.3) is 0 Å². The largest absolute Gasteiger partial charge is 0.444 e. The van der Waals surface area contributed by atoms with Crippen molar-refractivity contribution >= 4 is 18.0 Å². The third-order valence-corrected chi connectivity index (χ3v) is 6.63. The second-order valence-corrected chi connectivity index (χ2v) is 13.3. The van der Waals surface area contributed by atoms with Crippen LogP contribution in [-0.2, 0) is 21.8 Å². The number of piperidine rings is 2. The maximum absolute atomic E-state index is 12.7. The van der Waals surface area contributed by atoms with Crippen molar-refractivity contribution in [3.8, 4) is 0 Å². The molecular formula is C32H45F7N6O4. The number of ether oxygens (including phenoxy) is 2. The lowest BCUT2D eigenvalue weighted by Crippen LogP contribution is -2.46. The fourth-order valence-electron chi connectivity index (χ4n) is 4.49. The Morgan fingerprint density at radius 1 is 0.714 bits per heavy atom. The molecule has 2 aliphatic heterocycles. The summed E-state index contributed by atoms with van der Waals surface area (Å²) in [6, 6.07) is 6.63. The Hall–Kier alpha value is -3.89. The number of alkyl carbamates (subject to hydrolysis) is 2. The van der Waals surface area contributed by atoms with Gasteiger partial charge in [0.2, 0.25) is 5.95 Å². The number of aromatic nitrogens is 2. The second kappa shape index (κ2) is 17.7. The van der Waals surface area contributed by atoms with Crippen LogP contribution in [0.1, 0.15) is 78.6 Å². The first-order chi connectivity index (χ1) is 22.5. The molecule has 0 spiro atoms. The molecule has 17 heteroatoms. The van der Waals surface area contributed by atoms with Gasteiger partial charge in [0.05, 0.1) is 0 Å². The van der Waals surface area contributed by atoms with Gasteiger partial charge in [0.1, 0.15) is 28.4 Å². The van der Waals surface area contributed by atoms with Gasteiger partial charge in [-0.15, -0.1) is 0 Å². The first-order valence-electron chi connectivity index (χ1n) is 15.7. The molecular weight excluding hydrogens is 665 g/mol. The molecule has 4 heterocycles. The Bertz CT molecular complexity index is 1330. The SMILES string of the molecule is CC(C)(C)OC(=O)NC1CCN(c2cccc(C(F)(F)F)n2)CC1.CC(C)(C)OC(=O)NC1CCNCC1.Fc1cccc(C(F)(F)F)n1. The van der Waals surface area contributed by atoms with E-state index in [0.29, 0.717) is 37.8 Å². The molecule has 10 nitrogen and oxygen atoms in total. The minimum absolute atomic E-state index is 0.0538. The monoisotopic (exact) mass is 710 g/mol. The van der Waals surface area contributed by atoms with Crippen LogP contribution in [0.5, 0.6) is 0 Å². The summed E-state index contributed by atoms with van der Waals surface area (Å²) in [5, 5.41) is 8.91. The fourth-order valence-corrected chi connectivity index (χ4v) is 4.49. The quantitative estimate of drug-likeness (QED) is 0.228. The molecule has 0 aromatic carbocycles. The number of nitrogens with zero attached hydrogens (tertiary/aromatic N) is 3. The number of nitrogens with one attached hydrogen (secondary N) is 3. The summed E-state index contributed by atoms with van der Waals surface area (Å²) >= 11 is 0. The van der Waals surface area contributed by atoms with Crippen molar-refractivity contribution in [3.63, 3.8) is 0 Å². The predicted octanol–water partition coefficient (Wildman–Crippen LogP) is 7.10. The highest BCUT2D eigenvalue weighted by atomic mass is 19.4. The minimum Gasteiger partial charge on any atom is -0.444 e. The lowest BCUT2D eigenvalue weighted by atomic mass is 10.1. The van der Waals surface area contributed by atoms with Gasteiger partial charge in [0.15, 0.2) is 0 Å². The van der Waals surface area contributed by atoms with Gasteiger partial charge in [0, 0.05) is 25.2 Å². The summed E-state index contributed by atoms with van der Waals surface area (Å²) in [6.45, 7) is 14.0. The van der Waals surface area contributed by atoms with Crippen LogP contribution in [-0.4, -0.2) is 71.6 Å². The summed E-state index contributed by atoms with van der Waals surface area (Å²) < 4.78 is 95.9. The van der Waals surface area contributed by atoms with E-state index in [0.717, 1.165) is 44.1 Å². The average Bonchev–Trinajstić information content (AvgIpc) is 2.96. The van der Waals surface area contributed by atoms with E-state index in [1.165, 1.54) is 6.07 Å². The molecule has 2 fully saturated rings. The van der Waals surface area contributed by atoms with E-state index in [1.54, 1.807) is 31.7 Å². The molecule has 4 rings (SSSR count). The smallest absolute Gasteiger partial charge is 0.433 e. The fraction of sp³-hybridized carbons (Fsp3) is 0.625. The maximum atomic E-state index is 12.7. The minimum atomic E-state index is -4.57. The first kappa shape index (κ1) is 41.3. The van der Waals surface area contributed by atoms with Crippen LogP contribution in [0.3, 0.4) is 0 Å². The molecule has 0 atom stereocenters. The number of hydrogen-bond acceptors (Lipinski definition) is 8. The van der Waals surface area contributed by atoms with E-state index in [9.17, 15) is 40.3 Å². The molecule has 2 aromatic heterocycles. The van der Waals surface area contributed by atoms with Gasteiger partial charge in [-0.2, -0.15) is 30.7 Å². The Morgan fingerprint density at radius 3 is 1.55 bits per heavy atom. The Balaban J connectivity index is 0.000000282. The van der Waals surface area contributed by atoms with Gasteiger partial charge in [-0.3, -0.25) is 0 Å². The lowest BCUT2D eigenvalue weighted by molar-refractivity contribution is -0.142. The van der Waals surface area contributed by atoms with Crippen LogP contribution in [0.4, 0.5) is 46.1 Å². The summed E-state index contributed by atoms with van der Waals surface area (Å²) in [7, 11) is 0. The number of amides is 2. The van der Waals surface area contributed by atoms with Gasteiger partial charge in [-0.25, -0.2) is 19.6 Å². The number of carbonyl (C=O) groups excluding carboxylic acids is 2. The standard InChI is InChI=1S/C16H22F3N3O2.C10H20N2O2.C6H3F4N/c1-15(2,3)24-14(23)20-11-7-9-22(10-8-11)13-6-4-5-12(21-13)16(17,18)19;1-10(2,3)14-9(13)12-8-4-6-11-7-5-8;7-5-3-1-2-4(11-5)6(8,9)10/h4-6,11H,7-10H2,1-3H3,(H,20,23);8,11H,4-7H2,1-3H3,(H,12,13);1-3H. The molecule has 3 N–H and O–H groups in total. The van der Waals surface area contributed by atoms with E-state index < -0.39 is 47.0 Å². The number of pyridine rings is 2. The van der Waals surface area contributed by atoms with Crippen LogP contribution >= 0.6 is 0 Å². The van der Waals surface area contributed by atoms with Crippen molar-refractivity contribution in [1.29, 1.82) is 0 Å². The molecule has 276 valence electrons. The molecule has 0 bridgehead atoms. The van der Waals surface area contributed by atoms with Crippen LogP contribution in [0.2, 0.25) is 0 Å². The number of halogens is 7. The lowest BCUT2D eigenvalue weighted by Gasteiger charge is -2.33. The highest BCUT2D eigenvalue weighted by molar-refractivity contribution is 5.68. The van der Waals surface area contributed by atoms with Crippen LogP contribution in [0.15, 0.2) is 36.4 Å². The highest BCUT2D eigenvalue weighted by Gasteiger charge is 2.34. The molecule has 2 aromatic rings. The molecule has 0 aliphatic carbocycles. The first-order valence-corrected chi connectivity index (χ1v) is 15.7. The van der Waals surface area contributed by atoms with E-state index in [1.807, 2.05) is 20.8 Å². The van der Waals surface area contributed by atoms with Gasteiger partial charge in [-0.1, -0.05) is 12.1 Å². The Morgan fingerprint density at radius 2 is 1.14 bits per heavy atom. The maximum Gasteiger partial charge on any atom is 0.433 e. The topological polar surface area (TPSA) is 118 Å². The third kappa shape index (κ3) is 16.9. The number of hydrogen-bond donors (Lipinski definition) is 3. The predicted molar refractivity (Wildman–Crippen MR) is 168 cm³/mol. The molecule has 0 radical (unpaired) electrons. The van der Waals surface area contributed by atoms with Gasteiger partial charge in [0.25, 0.3) is 0 Å². The molecule has 2 aliphatic rings. The summed E-state index contributed by atoms with van der Waals surface area (Å²) in [4.78, 5) is 31.3. The van der Waals surface area contributed by atoms with Crippen molar-refractivity contribution in [2.75, 3.05) is 31.1 Å². The van der Waals surface area contributed by atoms with Gasteiger partial charge < -0.3 is 30.3 Å². The van der Waals surface area contributed by atoms with Crippen LogP contribution < -0.4 is 20.9 Å². The zero-order valence-corrected chi connectivity index (χ0v) is 28.4. The van der Waals surface area contributed by atoms with Gasteiger partial charge in [-0.05, 0) is 105 Å². The highest BCUT2D eigenvalue weighted by Crippen LogP contribution is 2.30. The van der Waals surface area contributed by atoms with E-state index in [2.05, 4.69) is 25.9 Å². The van der Waals surface area contributed by atoms with E-state index in [4.69, 9.17) is 9.47 Å². The molecule has 0 unspecified atom stereocenters. The number of carbonyl (C=O) groups is 2.